The number of ether oxygens (including phenoxy) is 2. The zero-order valence-corrected chi connectivity index (χ0v) is 25.7. The van der Waals surface area contributed by atoms with Gasteiger partial charge in [-0.3, -0.25) is 19.4 Å². The van der Waals surface area contributed by atoms with Crippen molar-refractivity contribution in [2.45, 2.75) is 57.8 Å². The average Bonchev–Trinajstić information content (AvgIpc) is 2.95. The molecule has 0 saturated carbocycles. The van der Waals surface area contributed by atoms with Gasteiger partial charge in [-0.2, -0.15) is 0 Å². The molecule has 1 aromatic heterocycles. The lowest BCUT2D eigenvalue weighted by atomic mass is 9.99. The van der Waals surface area contributed by atoms with E-state index in [-0.39, 0.29) is 73.1 Å². The number of halogens is 1. The minimum absolute atomic E-state index is 0.0295. The molecule has 3 aliphatic rings. The summed E-state index contributed by atoms with van der Waals surface area (Å²) in [5, 5.41) is 9.88. The molecule has 13 heteroatoms. The fourth-order valence-corrected chi connectivity index (χ4v) is 6.34. The first-order chi connectivity index (χ1) is 20.8. The zero-order chi connectivity index (χ0) is 31.8. The monoisotopic (exact) mass is 612 g/mol. The van der Waals surface area contributed by atoms with Crippen LogP contribution in [-0.2, 0) is 16.0 Å². The first-order valence-corrected chi connectivity index (χ1v) is 14.9. The Hall–Kier alpha value is -3.81. The number of rotatable bonds is 7. The number of fused-ring (bicyclic) bond motifs is 1. The zero-order valence-electron chi connectivity index (χ0n) is 25.7. The fourth-order valence-electron chi connectivity index (χ4n) is 6.34. The van der Waals surface area contributed by atoms with Crippen LogP contribution in [-0.4, -0.2) is 119 Å². The quantitative estimate of drug-likeness (QED) is 0.481. The van der Waals surface area contributed by atoms with Crippen LogP contribution in [0.4, 0.5) is 14.9 Å². The highest BCUT2D eigenvalue weighted by Gasteiger charge is 2.41. The third-order valence-corrected chi connectivity index (χ3v) is 8.81. The molecule has 3 N–H and O–H groups in total. The molecular formula is C31H41FN6O6. The van der Waals surface area contributed by atoms with Crippen molar-refractivity contribution < 1.29 is 33.4 Å². The number of primary amides is 1. The van der Waals surface area contributed by atoms with E-state index in [1.165, 1.54) is 17.0 Å². The third kappa shape index (κ3) is 6.64. The molecule has 0 aliphatic carbocycles. The van der Waals surface area contributed by atoms with E-state index in [9.17, 15) is 23.9 Å². The van der Waals surface area contributed by atoms with Crippen molar-refractivity contribution >= 4 is 23.6 Å². The molecule has 0 bridgehead atoms. The first kappa shape index (κ1) is 31.6. The average molecular weight is 613 g/mol. The molecule has 3 amide bonds. The number of anilines is 1. The van der Waals surface area contributed by atoms with E-state index in [1.807, 2.05) is 13.8 Å². The van der Waals surface area contributed by atoms with E-state index >= 15 is 0 Å². The highest BCUT2D eigenvalue weighted by Crippen LogP contribution is 2.35. The molecule has 1 aromatic carbocycles. The van der Waals surface area contributed by atoms with Gasteiger partial charge in [-0.25, -0.2) is 14.2 Å². The largest absolute Gasteiger partial charge is 0.474 e. The van der Waals surface area contributed by atoms with Crippen LogP contribution in [0.5, 0.6) is 5.88 Å². The molecule has 44 heavy (non-hydrogen) atoms. The second kappa shape index (κ2) is 12.7. The number of pyridine rings is 1. The van der Waals surface area contributed by atoms with E-state index in [4.69, 9.17) is 15.2 Å². The van der Waals surface area contributed by atoms with Crippen LogP contribution < -0.4 is 15.4 Å². The lowest BCUT2D eigenvalue weighted by Gasteiger charge is -2.49. The number of benzene rings is 1. The Labute approximate surface area is 256 Å². The Bertz CT molecular complexity index is 1400. The first-order valence-electron chi connectivity index (χ1n) is 14.9. The van der Waals surface area contributed by atoms with E-state index < -0.39 is 12.0 Å². The Morgan fingerprint density at radius 1 is 1.14 bits per heavy atom. The van der Waals surface area contributed by atoms with E-state index in [1.54, 1.807) is 23.1 Å². The summed E-state index contributed by atoms with van der Waals surface area (Å²) in [6, 6.07) is 6.78. The molecule has 3 aliphatic heterocycles. The van der Waals surface area contributed by atoms with Crippen LogP contribution in [0, 0.1) is 5.82 Å². The molecule has 2 fully saturated rings. The standard InChI is InChI=1S/C31H41FN6O6/c1-19-13-35(24(15-37(19)30(41)42)14-36-9-10-43-18-31(36,3)4)16-26(39)38-20(2)17-44-29-25(38)12-22(27(34-29)28(33)40)11-21-5-7-23(32)8-6-21/h5-8,12,19-20,24H,9-11,13-18H2,1-4H3,(H2,33,40)(H,41,42)/t19-,20?,24+/m1/s1. The highest BCUT2D eigenvalue weighted by molar-refractivity contribution is 5.99. The topological polar surface area (TPSA) is 142 Å². The van der Waals surface area contributed by atoms with Gasteiger partial charge in [0.05, 0.1) is 25.8 Å². The van der Waals surface area contributed by atoms with Gasteiger partial charge in [0, 0.05) is 43.8 Å². The SMILES string of the molecule is CC1COc2nc(C(N)=O)c(Cc3ccc(F)cc3)cc2N1C(=O)CN1C[C@@H](C)N(C(=O)O)C[C@@H]1CN1CCOCC1(C)C. The molecule has 3 atom stereocenters. The number of hydrogen-bond acceptors (Lipinski definition) is 8. The predicted octanol–water partition coefficient (Wildman–Crippen LogP) is 2.19. The van der Waals surface area contributed by atoms with Crippen molar-refractivity contribution in [1.29, 1.82) is 0 Å². The van der Waals surface area contributed by atoms with Crippen LogP contribution >= 0.6 is 0 Å². The van der Waals surface area contributed by atoms with Gasteiger partial charge in [0.2, 0.25) is 11.8 Å². The van der Waals surface area contributed by atoms with E-state index in [0.29, 0.717) is 44.1 Å². The summed E-state index contributed by atoms with van der Waals surface area (Å²) in [6.07, 6.45) is -0.725. The van der Waals surface area contributed by atoms with Crippen LogP contribution in [0.1, 0.15) is 49.3 Å². The molecule has 2 saturated heterocycles. The number of carboxylic acid groups (broad SMARTS) is 1. The number of morpholine rings is 1. The Balaban J connectivity index is 1.43. The van der Waals surface area contributed by atoms with Crippen molar-refractivity contribution in [3.8, 4) is 5.88 Å². The summed E-state index contributed by atoms with van der Waals surface area (Å²) < 4.78 is 25.1. The molecule has 1 unspecified atom stereocenters. The lowest BCUT2D eigenvalue weighted by Crippen LogP contribution is -2.65. The minimum Gasteiger partial charge on any atom is -0.474 e. The molecule has 2 aromatic rings. The number of carbonyl (C=O) groups is 3. The van der Waals surface area contributed by atoms with Crippen molar-refractivity contribution in [3.05, 3.63) is 53.0 Å². The van der Waals surface area contributed by atoms with E-state index in [2.05, 4.69) is 28.6 Å². The van der Waals surface area contributed by atoms with E-state index in [0.717, 1.165) is 5.56 Å². The van der Waals surface area contributed by atoms with Gasteiger partial charge in [0.1, 0.15) is 23.8 Å². The lowest BCUT2D eigenvalue weighted by molar-refractivity contribution is -0.123. The second-order valence-corrected chi connectivity index (χ2v) is 12.6. The van der Waals surface area contributed by atoms with Gasteiger partial charge >= 0.3 is 6.09 Å². The summed E-state index contributed by atoms with van der Waals surface area (Å²) in [7, 11) is 0. The molecule has 12 nitrogen and oxygen atoms in total. The molecule has 238 valence electrons. The van der Waals surface area contributed by atoms with Crippen molar-refractivity contribution in [2.75, 3.05) is 57.4 Å². The second-order valence-electron chi connectivity index (χ2n) is 12.6. The summed E-state index contributed by atoms with van der Waals surface area (Å²) in [4.78, 5) is 50.5. The van der Waals surface area contributed by atoms with Crippen LogP contribution in [0.2, 0.25) is 0 Å². The van der Waals surface area contributed by atoms with Gasteiger partial charge in [-0.05, 0) is 63.4 Å². The van der Waals surface area contributed by atoms with Gasteiger partial charge in [-0.1, -0.05) is 12.1 Å². The third-order valence-electron chi connectivity index (χ3n) is 8.81. The van der Waals surface area contributed by atoms with Gasteiger partial charge in [0.25, 0.3) is 5.91 Å². The Morgan fingerprint density at radius 2 is 1.86 bits per heavy atom. The molecule has 4 heterocycles. The Kier molecular flexibility index (Phi) is 9.10. The number of aromatic nitrogens is 1. The number of nitrogens with zero attached hydrogens (tertiary/aromatic N) is 5. The predicted molar refractivity (Wildman–Crippen MR) is 160 cm³/mol. The van der Waals surface area contributed by atoms with Crippen LogP contribution in [0.3, 0.4) is 0 Å². The number of amides is 3. The smallest absolute Gasteiger partial charge is 0.407 e. The van der Waals surface area contributed by atoms with Gasteiger partial charge in [-0.15, -0.1) is 0 Å². The van der Waals surface area contributed by atoms with Gasteiger partial charge < -0.3 is 30.1 Å². The Morgan fingerprint density at radius 3 is 2.52 bits per heavy atom. The van der Waals surface area contributed by atoms with Crippen molar-refractivity contribution in [3.63, 3.8) is 0 Å². The summed E-state index contributed by atoms with van der Waals surface area (Å²) in [5.74, 6) is -1.15. The molecule has 0 radical (unpaired) electrons. The summed E-state index contributed by atoms with van der Waals surface area (Å²) in [5.41, 5.74) is 7.14. The molecular weight excluding hydrogens is 571 g/mol. The maximum Gasteiger partial charge on any atom is 0.407 e. The van der Waals surface area contributed by atoms with Crippen LogP contribution in [0.25, 0.3) is 0 Å². The van der Waals surface area contributed by atoms with Gasteiger partial charge in [0.15, 0.2) is 0 Å². The summed E-state index contributed by atoms with van der Waals surface area (Å²) >= 11 is 0. The minimum atomic E-state index is -0.976. The highest BCUT2D eigenvalue weighted by atomic mass is 19.1. The fraction of sp³-hybridized carbons (Fsp3) is 0.548. The summed E-state index contributed by atoms with van der Waals surface area (Å²) in [6.45, 7) is 11.3. The molecule has 5 rings (SSSR count). The molecule has 0 spiro atoms. The van der Waals surface area contributed by atoms with Crippen molar-refractivity contribution in [2.24, 2.45) is 5.73 Å². The van der Waals surface area contributed by atoms with Crippen molar-refractivity contribution in [1.82, 2.24) is 19.7 Å². The number of carbonyl (C=O) groups excluding carboxylic acids is 2. The number of piperazine rings is 1. The normalized spacial score (nSPS) is 24.0. The van der Waals surface area contributed by atoms with Crippen LogP contribution in [0.15, 0.2) is 30.3 Å². The maximum atomic E-state index is 14.2. The maximum absolute atomic E-state index is 14.2. The number of hydrogen-bond donors (Lipinski definition) is 2. The number of nitrogens with two attached hydrogens (primary N) is 1.